The maximum Gasteiger partial charge on any atom is 0.309 e. The summed E-state index contributed by atoms with van der Waals surface area (Å²) in [5, 5.41) is 8.47. The molecule has 0 unspecified atom stereocenters. The minimum absolute atomic E-state index is 0.118. The SMILES string of the molecule is Cn1c(CC(=O)O)cccc1=O. The highest BCUT2D eigenvalue weighted by molar-refractivity contribution is 5.69. The van der Waals surface area contributed by atoms with Crippen LogP contribution in [0, 0.1) is 0 Å². The van der Waals surface area contributed by atoms with Gasteiger partial charge in [-0.1, -0.05) is 6.07 Å². The predicted molar refractivity (Wildman–Crippen MR) is 43.0 cm³/mol. The number of aromatic nitrogens is 1. The first-order valence-electron chi connectivity index (χ1n) is 3.48. The van der Waals surface area contributed by atoms with Crippen molar-refractivity contribution in [1.82, 2.24) is 4.57 Å². The summed E-state index contributed by atoms with van der Waals surface area (Å²) in [6.45, 7) is 0. The van der Waals surface area contributed by atoms with Gasteiger partial charge in [0, 0.05) is 18.8 Å². The average molecular weight is 167 g/mol. The van der Waals surface area contributed by atoms with Crippen LogP contribution in [0.4, 0.5) is 0 Å². The summed E-state index contributed by atoms with van der Waals surface area (Å²) in [6, 6.07) is 4.57. The summed E-state index contributed by atoms with van der Waals surface area (Å²) in [4.78, 5) is 21.3. The molecule has 1 aromatic rings. The quantitative estimate of drug-likeness (QED) is 0.675. The van der Waals surface area contributed by atoms with E-state index in [1.807, 2.05) is 0 Å². The van der Waals surface area contributed by atoms with Crippen molar-refractivity contribution in [2.24, 2.45) is 7.05 Å². The lowest BCUT2D eigenvalue weighted by atomic mass is 10.2. The number of carbonyl (C=O) groups is 1. The fourth-order valence-electron chi connectivity index (χ4n) is 0.939. The highest BCUT2D eigenvalue weighted by atomic mass is 16.4. The van der Waals surface area contributed by atoms with Gasteiger partial charge in [0.15, 0.2) is 0 Å². The molecule has 1 N–H and O–H groups in total. The van der Waals surface area contributed by atoms with Crippen molar-refractivity contribution >= 4 is 5.97 Å². The van der Waals surface area contributed by atoms with Crippen LogP contribution in [0.1, 0.15) is 5.69 Å². The second-order valence-electron chi connectivity index (χ2n) is 2.48. The molecule has 0 saturated carbocycles. The van der Waals surface area contributed by atoms with E-state index in [0.29, 0.717) is 5.69 Å². The Morgan fingerprint density at radius 1 is 1.58 bits per heavy atom. The molecule has 0 aliphatic rings. The van der Waals surface area contributed by atoms with Crippen LogP contribution in [-0.4, -0.2) is 15.6 Å². The monoisotopic (exact) mass is 167 g/mol. The number of rotatable bonds is 2. The van der Waals surface area contributed by atoms with E-state index in [-0.39, 0.29) is 12.0 Å². The van der Waals surface area contributed by atoms with Crippen LogP contribution in [0.5, 0.6) is 0 Å². The number of carboxylic acid groups (broad SMARTS) is 1. The molecule has 0 radical (unpaired) electrons. The topological polar surface area (TPSA) is 59.3 Å². The Hall–Kier alpha value is -1.58. The molecule has 0 saturated heterocycles. The molecular formula is C8H9NO3. The van der Waals surface area contributed by atoms with Gasteiger partial charge in [0.1, 0.15) is 0 Å². The molecule has 4 heteroatoms. The summed E-state index contributed by atoms with van der Waals surface area (Å²) in [7, 11) is 1.56. The van der Waals surface area contributed by atoms with Gasteiger partial charge in [0.2, 0.25) is 5.56 Å². The third-order valence-corrected chi connectivity index (χ3v) is 1.62. The number of hydrogen-bond donors (Lipinski definition) is 1. The Morgan fingerprint density at radius 3 is 2.83 bits per heavy atom. The molecule has 0 aliphatic heterocycles. The molecule has 0 spiro atoms. The highest BCUT2D eigenvalue weighted by Gasteiger charge is 2.03. The second-order valence-corrected chi connectivity index (χ2v) is 2.48. The van der Waals surface area contributed by atoms with Crippen LogP contribution in [0.15, 0.2) is 23.0 Å². The van der Waals surface area contributed by atoms with E-state index >= 15 is 0 Å². The largest absolute Gasteiger partial charge is 0.481 e. The van der Waals surface area contributed by atoms with Crippen LogP contribution in [0.2, 0.25) is 0 Å². The minimum Gasteiger partial charge on any atom is -0.481 e. The van der Waals surface area contributed by atoms with E-state index < -0.39 is 5.97 Å². The molecule has 64 valence electrons. The van der Waals surface area contributed by atoms with E-state index in [1.54, 1.807) is 19.2 Å². The fourth-order valence-corrected chi connectivity index (χ4v) is 0.939. The molecule has 1 heterocycles. The normalized spacial score (nSPS) is 9.75. The number of carboxylic acids is 1. The van der Waals surface area contributed by atoms with Gasteiger partial charge in [0.05, 0.1) is 6.42 Å². The fraction of sp³-hybridized carbons (Fsp3) is 0.250. The first kappa shape index (κ1) is 8.52. The van der Waals surface area contributed by atoms with Gasteiger partial charge in [-0.05, 0) is 6.07 Å². The zero-order valence-electron chi connectivity index (χ0n) is 6.65. The van der Waals surface area contributed by atoms with Gasteiger partial charge < -0.3 is 9.67 Å². The smallest absolute Gasteiger partial charge is 0.309 e. The number of pyridine rings is 1. The lowest BCUT2D eigenvalue weighted by Gasteiger charge is -2.03. The Labute approximate surface area is 69.1 Å². The summed E-state index contributed by atoms with van der Waals surface area (Å²) < 4.78 is 1.33. The van der Waals surface area contributed by atoms with Crippen LogP contribution in [0.3, 0.4) is 0 Å². The van der Waals surface area contributed by atoms with E-state index in [1.165, 1.54) is 10.6 Å². The second kappa shape index (κ2) is 3.21. The van der Waals surface area contributed by atoms with E-state index in [2.05, 4.69) is 0 Å². The standard InChI is InChI=1S/C8H9NO3/c1-9-6(5-8(11)12)3-2-4-7(9)10/h2-4H,5H2,1H3,(H,11,12). The molecule has 0 amide bonds. The Bertz CT molecular complexity index is 354. The summed E-state index contributed by atoms with van der Waals surface area (Å²) >= 11 is 0. The average Bonchev–Trinajstić information content (AvgIpc) is 1.98. The molecule has 1 aromatic heterocycles. The van der Waals surface area contributed by atoms with Crippen molar-refractivity contribution in [2.45, 2.75) is 6.42 Å². The van der Waals surface area contributed by atoms with Gasteiger partial charge in [-0.3, -0.25) is 9.59 Å². The first-order valence-corrected chi connectivity index (χ1v) is 3.48. The molecule has 4 nitrogen and oxygen atoms in total. The van der Waals surface area contributed by atoms with Crippen molar-refractivity contribution in [3.8, 4) is 0 Å². The molecule has 0 fully saturated rings. The van der Waals surface area contributed by atoms with Crippen LogP contribution in [0.25, 0.3) is 0 Å². The van der Waals surface area contributed by atoms with Crippen molar-refractivity contribution in [3.05, 3.63) is 34.2 Å². The van der Waals surface area contributed by atoms with Gasteiger partial charge >= 0.3 is 5.97 Å². The van der Waals surface area contributed by atoms with Crippen molar-refractivity contribution in [1.29, 1.82) is 0 Å². The first-order chi connectivity index (χ1) is 5.61. The maximum atomic E-state index is 11.0. The number of nitrogens with zero attached hydrogens (tertiary/aromatic N) is 1. The molecule has 0 aliphatic carbocycles. The van der Waals surface area contributed by atoms with Crippen LogP contribution < -0.4 is 5.56 Å². The van der Waals surface area contributed by atoms with Gasteiger partial charge in [-0.25, -0.2) is 0 Å². The van der Waals surface area contributed by atoms with Crippen molar-refractivity contribution in [3.63, 3.8) is 0 Å². The molecule has 1 rings (SSSR count). The molecular weight excluding hydrogens is 158 g/mol. The molecule has 12 heavy (non-hydrogen) atoms. The van der Waals surface area contributed by atoms with Crippen LogP contribution in [-0.2, 0) is 18.3 Å². The lowest BCUT2D eigenvalue weighted by Crippen LogP contribution is -2.20. The molecule has 0 bridgehead atoms. The van der Waals surface area contributed by atoms with E-state index in [0.717, 1.165) is 0 Å². The number of hydrogen-bond acceptors (Lipinski definition) is 2. The number of aliphatic carboxylic acids is 1. The predicted octanol–water partition coefficient (Wildman–Crippen LogP) is 0.0124. The zero-order valence-corrected chi connectivity index (χ0v) is 6.65. The minimum atomic E-state index is -0.934. The highest BCUT2D eigenvalue weighted by Crippen LogP contribution is 1.94. The van der Waals surface area contributed by atoms with Gasteiger partial charge in [-0.2, -0.15) is 0 Å². The summed E-state index contributed by atoms with van der Waals surface area (Å²) in [5.74, 6) is -0.934. The van der Waals surface area contributed by atoms with Crippen molar-refractivity contribution in [2.75, 3.05) is 0 Å². The summed E-state index contributed by atoms with van der Waals surface area (Å²) in [5.41, 5.74) is 0.323. The Morgan fingerprint density at radius 2 is 2.25 bits per heavy atom. The third-order valence-electron chi connectivity index (χ3n) is 1.62. The summed E-state index contributed by atoms with van der Waals surface area (Å²) in [6.07, 6.45) is -0.118. The lowest BCUT2D eigenvalue weighted by molar-refractivity contribution is -0.136. The Kier molecular flexibility index (Phi) is 2.28. The van der Waals surface area contributed by atoms with E-state index in [4.69, 9.17) is 5.11 Å². The van der Waals surface area contributed by atoms with Gasteiger partial charge in [-0.15, -0.1) is 0 Å². The third kappa shape index (κ3) is 1.72. The zero-order chi connectivity index (χ0) is 9.14. The van der Waals surface area contributed by atoms with Gasteiger partial charge in [0.25, 0.3) is 0 Å². The molecule has 0 atom stereocenters. The van der Waals surface area contributed by atoms with Crippen molar-refractivity contribution < 1.29 is 9.90 Å². The van der Waals surface area contributed by atoms with E-state index in [9.17, 15) is 9.59 Å². The van der Waals surface area contributed by atoms with Crippen LogP contribution >= 0.6 is 0 Å². The molecule has 0 aromatic carbocycles. The Balaban J connectivity index is 3.08. The maximum absolute atomic E-state index is 11.0.